The monoisotopic (exact) mass is 140 g/mol. The van der Waals surface area contributed by atoms with Gasteiger partial charge < -0.3 is 0 Å². The van der Waals surface area contributed by atoms with Gasteiger partial charge in [0.1, 0.15) is 0 Å². The minimum absolute atomic E-state index is 0.00444. The molecule has 0 bridgehead atoms. The van der Waals surface area contributed by atoms with Crippen LogP contribution in [0.4, 0.5) is 0 Å². The Morgan fingerprint density at radius 1 is 1.20 bits per heavy atom. The Balaban J connectivity index is 3.90. The summed E-state index contributed by atoms with van der Waals surface area (Å²) in [5.41, 5.74) is 0. The Morgan fingerprint density at radius 3 is 2.00 bits per heavy atom. The van der Waals surface area contributed by atoms with Crippen molar-refractivity contribution in [3.8, 4) is 0 Å². The van der Waals surface area contributed by atoms with Crippen LogP contribution in [0.5, 0.6) is 0 Å². The minimum atomic E-state index is -0.0889. The molecule has 0 aromatic heterocycles. The van der Waals surface area contributed by atoms with E-state index < -0.39 is 0 Å². The van der Waals surface area contributed by atoms with Crippen molar-refractivity contribution in [1.29, 1.82) is 0 Å². The summed E-state index contributed by atoms with van der Waals surface area (Å²) in [6, 6.07) is 0. The second kappa shape index (κ2) is 3.99. The minimum Gasteiger partial charge on any atom is -0.295 e. The molecular weight excluding hydrogens is 128 g/mol. The highest BCUT2D eigenvalue weighted by molar-refractivity contribution is 5.98. The van der Waals surface area contributed by atoms with E-state index in [-0.39, 0.29) is 17.5 Å². The summed E-state index contributed by atoms with van der Waals surface area (Å²) >= 11 is 0. The molecule has 0 heterocycles. The third-order valence-electron chi connectivity index (χ3n) is 1.05. The van der Waals surface area contributed by atoms with Crippen LogP contribution in [0, 0.1) is 5.92 Å². The zero-order valence-electron chi connectivity index (χ0n) is 6.55. The maximum Gasteiger partial charge on any atom is 0.158 e. The Bertz CT molecular complexity index is 166. The molecule has 0 N–H and O–H groups in total. The average Bonchev–Trinajstić information content (AvgIpc) is 1.82. The van der Waals surface area contributed by atoms with Crippen molar-refractivity contribution in [2.45, 2.75) is 20.8 Å². The van der Waals surface area contributed by atoms with E-state index in [4.69, 9.17) is 0 Å². The van der Waals surface area contributed by atoms with Crippen molar-refractivity contribution < 1.29 is 9.59 Å². The molecule has 0 aliphatic carbocycles. The quantitative estimate of drug-likeness (QED) is 0.554. The van der Waals surface area contributed by atoms with E-state index in [0.717, 1.165) is 0 Å². The smallest absolute Gasteiger partial charge is 0.158 e. The third-order valence-corrected chi connectivity index (χ3v) is 1.05. The molecule has 0 aliphatic heterocycles. The van der Waals surface area contributed by atoms with Crippen LogP contribution >= 0.6 is 0 Å². The van der Waals surface area contributed by atoms with Gasteiger partial charge in [-0.25, -0.2) is 0 Å². The first-order valence-corrected chi connectivity index (χ1v) is 3.26. The van der Waals surface area contributed by atoms with Gasteiger partial charge in [0.15, 0.2) is 11.6 Å². The second-order valence-corrected chi connectivity index (χ2v) is 2.50. The summed E-state index contributed by atoms with van der Waals surface area (Å²) in [4.78, 5) is 21.1. The van der Waals surface area contributed by atoms with Gasteiger partial charge in [-0.05, 0) is 19.1 Å². The lowest BCUT2D eigenvalue weighted by Gasteiger charge is -1.94. The topological polar surface area (TPSA) is 34.1 Å². The Hall–Kier alpha value is -0.920. The standard InChI is InChI=1S/C8H12O2/c1-6(2)8(10)5-4-7(3)9/h4-6H,1-3H3. The zero-order chi connectivity index (χ0) is 8.15. The van der Waals surface area contributed by atoms with Crippen molar-refractivity contribution in [3.63, 3.8) is 0 Å². The van der Waals surface area contributed by atoms with Crippen LogP contribution < -0.4 is 0 Å². The molecule has 0 radical (unpaired) electrons. The van der Waals surface area contributed by atoms with E-state index in [9.17, 15) is 9.59 Å². The predicted molar refractivity (Wildman–Crippen MR) is 39.7 cm³/mol. The Kier molecular flexibility index (Phi) is 3.62. The Labute approximate surface area is 60.9 Å². The van der Waals surface area contributed by atoms with Gasteiger partial charge in [-0.15, -0.1) is 0 Å². The lowest BCUT2D eigenvalue weighted by Crippen LogP contribution is -2.02. The van der Waals surface area contributed by atoms with Gasteiger partial charge in [-0.3, -0.25) is 9.59 Å². The fraction of sp³-hybridized carbons (Fsp3) is 0.500. The Morgan fingerprint density at radius 2 is 1.70 bits per heavy atom. The van der Waals surface area contributed by atoms with E-state index in [0.29, 0.717) is 0 Å². The van der Waals surface area contributed by atoms with Crippen LogP contribution in [-0.4, -0.2) is 11.6 Å². The SMILES string of the molecule is CC(=O)C=CC(=O)C(C)C. The van der Waals surface area contributed by atoms with Crippen LogP contribution in [0.25, 0.3) is 0 Å². The molecule has 0 spiro atoms. The van der Waals surface area contributed by atoms with Crippen molar-refractivity contribution in [2.75, 3.05) is 0 Å². The molecular formula is C8H12O2. The van der Waals surface area contributed by atoms with E-state index in [1.807, 2.05) is 0 Å². The van der Waals surface area contributed by atoms with Crippen LogP contribution in [-0.2, 0) is 9.59 Å². The molecule has 0 fully saturated rings. The summed E-state index contributed by atoms with van der Waals surface area (Å²) in [6.07, 6.45) is 2.62. The molecule has 0 saturated carbocycles. The van der Waals surface area contributed by atoms with Gasteiger partial charge in [-0.1, -0.05) is 13.8 Å². The number of ketones is 2. The normalized spacial score (nSPS) is 10.8. The van der Waals surface area contributed by atoms with Gasteiger partial charge in [0.05, 0.1) is 0 Å². The highest BCUT2D eigenvalue weighted by Crippen LogP contribution is 1.94. The summed E-state index contributed by atoms with van der Waals surface area (Å²) in [5.74, 6) is -0.111. The fourth-order valence-corrected chi connectivity index (χ4v) is 0.392. The molecule has 0 aliphatic rings. The lowest BCUT2D eigenvalue weighted by atomic mass is 10.1. The molecule has 56 valence electrons. The average molecular weight is 140 g/mol. The van der Waals surface area contributed by atoms with Gasteiger partial charge >= 0.3 is 0 Å². The number of carbonyl (C=O) groups excluding carboxylic acids is 2. The van der Waals surface area contributed by atoms with Crippen LogP contribution in [0.1, 0.15) is 20.8 Å². The summed E-state index contributed by atoms with van der Waals surface area (Å²) in [5, 5.41) is 0. The molecule has 0 amide bonds. The largest absolute Gasteiger partial charge is 0.295 e. The van der Waals surface area contributed by atoms with E-state index in [2.05, 4.69) is 0 Å². The molecule has 0 aromatic carbocycles. The highest BCUT2D eigenvalue weighted by atomic mass is 16.1. The maximum absolute atomic E-state index is 10.8. The number of carbonyl (C=O) groups is 2. The van der Waals surface area contributed by atoms with Crippen molar-refractivity contribution in [2.24, 2.45) is 5.92 Å². The maximum atomic E-state index is 10.8. The van der Waals surface area contributed by atoms with E-state index in [1.165, 1.54) is 19.1 Å². The summed E-state index contributed by atoms with van der Waals surface area (Å²) in [7, 11) is 0. The molecule has 0 aromatic rings. The van der Waals surface area contributed by atoms with Crippen LogP contribution in [0.2, 0.25) is 0 Å². The molecule has 0 atom stereocenters. The summed E-state index contributed by atoms with van der Waals surface area (Å²) in [6.45, 7) is 5.02. The first-order valence-electron chi connectivity index (χ1n) is 3.26. The summed E-state index contributed by atoms with van der Waals surface area (Å²) < 4.78 is 0. The van der Waals surface area contributed by atoms with Gasteiger partial charge in [0, 0.05) is 5.92 Å². The van der Waals surface area contributed by atoms with Crippen LogP contribution in [0.15, 0.2) is 12.2 Å². The lowest BCUT2D eigenvalue weighted by molar-refractivity contribution is -0.118. The van der Waals surface area contributed by atoms with Gasteiger partial charge in [-0.2, -0.15) is 0 Å². The number of allylic oxidation sites excluding steroid dienone is 2. The predicted octanol–water partition coefficient (Wildman–Crippen LogP) is 1.36. The van der Waals surface area contributed by atoms with Crippen molar-refractivity contribution >= 4 is 11.6 Å². The fourth-order valence-electron chi connectivity index (χ4n) is 0.392. The third kappa shape index (κ3) is 4.01. The molecule has 2 nitrogen and oxygen atoms in total. The molecule has 0 unspecified atom stereocenters. The van der Waals surface area contributed by atoms with Crippen LogP contribution in [0.3, 0.4) is 0 Å². The van der Waals surface area contributed by atoms with Crippen molar-refractivity contribution in [3.05, 3.63) is 12.2 Å². The van der Waals surface area contributed by atoms with Gasteiger partial charge in [0.2, 0.25) is 0 Å². The van der Waals surface area contributed by atoms with Crippen molar-refractivity contribution in [1.82, 2.24) is 0 Å². The van der Waals surface area contributed by atoms with Gasteiger partial charge in [0.25, 0.3) is 0 Å². The second-order valence-electron chi connectivity index (χ2n) is 2.50. The zero-order valence-corrected chi connectivity index (χ0v) is 6.55. The number of hydrogen-bond donors (Lipinski definition) is 0. The molecule has 0 rings (SSSR count). The molecule has 2 heteroatoms. The number of rotatable bonds is 3. The molecule has 10 heavy (non-hydrogen) atoms. The highest BCUT2D eigenvalue weighted by Gasteiger charge is 2.00. The van der Waals surface area contributed by atoms with E-state index in [1.54, 1.807) is 13.8 Å². The molecule has 0 saturated heterocycles. The number of hydrogen-bond acceptors (Lipinski definition) is 2. The first-order chi connectivity index (χ1) is 4.54. The van der Waals surface area contributed by atoms with E-state index >= 15 is 0 Å². The first kappa shape index (κ1) is 9.08.